The van der Waals surface area contributed by atoms with Crippen molar-refractivity contribution in [2.75, 3.05) is 27.3 Å². The molecule has 0 heterocycles. The molecule has 6 heteroatoms. The highest BCUT2D eigenvalue weighted by atomic mass is 127. The average Bonchev–Trinajstić information content (AvgIpc) is 2.70. The van der Waals surface area contributed by atoms with Crippen molar-refractivity contribution in [3.05, 3.63) is 59.2 Å². The molecule has 0 aromatic heterocycles. The molecule has 0 saturated carbocycles. The van der Waals surface area contributed by atoms with Crippen LogP contribution in [0.25, 0.3) is 0 Å². The third kappa shape index (κ3) is 6.89. The number of halogens is 1. The SMILES string of the molecule is CCNC(=NCc1ccc(C)cc1OC)NCC(C)c1ccccc1OC.I. The molecule has 2 N–H and O–H groups in total. The zero-order valence-corrected chi connectivity index (χ0v) is 19.7. The molecule has 2 aromatic rings. The molecule has 1 unspecified atom stereocenters. The predicted molar refractivity (Wildman–Crippen MR) is 127 cm³/mol. The molecule has 154 valence electrons. The maximum Gasteiger partial charge on any atom is 0.191 e. The molecule has 1 atom stereocenters. The van der Waals surface area contributed by atoms with Gasteiger partial charge in [-0.2, -0.15) is 0 Å². The van der Waals surface area contributed by atoms with Crippen LogP contribution < -0.4 is 20.1 Å². The zero-order valence-electron chi connectivity index (χ0n) is 17.4. The van der Waals surface area contributed by atoms with Crippen molar-refractivity contribution >= 4 is 29.9 Å². The van der Waals surface area contributed by atoms with E-state index in [2.05, 4.69) is 49.6 Å². The molecule has 5 nitrogen and oxygen atoms in total. The van der Waals surface area contributed by atoms with E-state index in [4.69, 9.17) is 14.5 Å². The Morgan fingerprint density at radius 3 is 2.43 bits per heavy atom. The number of benzene rings is 2. The van der Waals surface area contributed by atoms with Crippen molar-refractivity contribution in [1.82, 2.24) is 10.6 Å². The summed E-state index contributed by atoms with van der Waals surface area (Å²) in [6.45, 7) is 8.42. The summed E-state index contributed by atoms with van der Waals surface area (Å²) in [5.41, 5.74) is 3.43. The minimum Gasteiger partial charge on any atom is -0.496 e. The Morgan fingerprint density at radius 1 is 1.04 bits per heavy atom. The number of ether oxygens (including phenoxy) is 2. The predicted octanol–water partition coefficient (Wildman–Crippen LogP) is 4.49. The Hall–Kier alpha value is -1.96. The van der Waals surface area contributed by atoms with Crippen LogP contribution in [0.1, 0.15) is 36.5 Å². The van der Waals surface area contributed by atoms with E-state index >= 15 is 0 Å². The lowest BCUT2D eigenvalue weighted by Gasteiger charge is -2.18. The van der Waals surface area contributed by atoms with Gasteiger partial charge in [-0.25, -0.2) is 4.99 Å². The van der Waals surface area contributed by atoms with Gasteiger partial charge in [0.25, 0.3) is 0 Å². The number of guanidine groups is 1. The maximum absolute atomic E-state index is 5.48. The number of hydrogen-bond donors (Lipinski definition) is 2. The van der Waals surface area contributed by atoms with E-state index in [1.165, 1.54) is 11.1 Å². The fourth-order valence-corrected chi connectivity index (χ4v) is 2.92. The number of para-hydroxylation sites is 1. The van der Waals surface area contributed by atoms with Crippen molar-refractivity contribution in [3.8, 4) is 11.5 Å². The van der Waals surface area contributed by atoms with Crippen molar-refractivity contribution in [1.29, 1.82) is 0 Å². The number of nitrogens with one attached hydrogen (secondary N) is 2. The summed E-state index contributed by atoms with van der Waals surface area (Å²) < 4.78 is 10.9. The quantitative estimate of drug-likeness (QED) is 0.321. The topological polar surface area (TPSA) is 54.9 Å². The van der Waals surface area contributed by atoms with Crippen molar-refractivity contribution in [2.45, 2.75) is 33.2 Å². The van der Waals surface area contributed by atoms with Crippen LogP contribution in [0.5, 0.6) is 11.5 Å². The number of hydrogen-bond acceptors (Lipinski definition) is 3. The smallest absolute Gasteiger partial charge is 0.191 e. The van der Waals surface area contributed by atoms with Gasteiger partial charge < -0.3 is 20.1 Å². The van der Waals surface area contributed by atoms with Gasteiger partial charge >= 0.3 is 0 Å². The lowest BCUT2D eigenvalue weighted by atomic mass is 10.0. The number of nitrogens with zero attached hydrogens (tertiary/aromatic N) is 1. The van der Waals surface area contributed by atoms with Gasteiger partial charge in [0.05, 0.1) is 20.8 Å². The fourth-order valence-electron chi connectivity index (χ4n) is 2.92. The Morgan fingerprint density at radius 2 is 1.75 bits per heavy atom. The second kappa shape index (κ2) is 12.5. The first-order chi connectivity index (χ1) is 13.1. The fraction of sp³-hybridized carbons (Fsp3) is 0.409. The second-order valence-electron chi connectivity index (χ2n) is 6.53. The summed E-state index contributed by atoms with van der Waals surface area (Å²) in [5.74, 6) is 2.87. The van der Waals surface area contributed by atoms with Gasteiger partial charge in [-0.15, -0.1) is 24.0 Å². The average molecular weight is 497 g/mol. The minimum absolute atomic E-state index is 0. The van der Waals surface area contributed by atoms with Gasteiger partial charge in [-0.3, -0.25) is 0 Å². The lowest BCUT2D eigenvalue weighted by molar-refractivity contribution is 0.406. The van der Waals surface area contributed by atoms with Gasteiger partial charge in [0.1, 0.15) is 11.5 Å². The molecular formula is C22H32IN3O2. The third-order valence-electron chi connectivity index (χ3n) is 4.44. The van der Waals surface area contributed by atoms with Gasteiger partial charge in [-0.05, 0) is 37.1 Å². The zero-order chi connectivity index (χ0) is 19.6. The summed E-state index contributed by atoms with van der Waals surface area (Å²) in [5, 5.41) is 6.74. The Kier molecular flexibility index (Phi) is 10.7. The third-order valence-corrected chi connectivity index (χ3v) is 4.44. The summed E-state index contributed by atoms with van der Waals surface area (Å²) >= 11 is 0. The first-order valence-electron chi connectivity index (χ1n) is 9.37. The van der Waals surface area contributed by atoms with Crippen LogP contribution >= 0.6 is 24.0 Å². The monoisotopic (exact) mass is 497 g/mol. The van der Waals surface area contributed by atoms with E-state index in [-0.39, 0.29) is 24.0 Å². The molecule has 0 amide bonds. The summed E-state index contributed by atoms with van der Waals surface area (Å²) in [6, 6.07) is 14.3. The van der Waals surface area contributed by atoms with Gasteiger partial charge in [-0.1, -0.05) is 37.3 Å². The van der Waals surface area contributed by atoms with Crippen molar-refractivity contribution in [3.63, 3.8) is 0 Å². The molecule has 0 aliphatic heterocycles. The number of methoxy groups -OCH3 is 2. The van der Waals surface area contributed by atoms with Gasteiger partial charge in [0, 0.05) is 24.6 Å². The maximum atomic E-state index is 5.48. The lowest BCUT2D eigenvalue weighted by Crippen LogP contribution is -2.39. The molecule has 0 aliphatic rings. The van der Waals surface area contributed by atoms with Crippen LogP contribution in [0.4, 0.5) is 0 Å². The van der Waals surface area contributed by atoms with Crippen LogP contribution in [0.3, 0.4) is 0 Å². The molecule has 0 spiro atoms. The second-order valence-corrected chi connectivity index (χ2v) is 6.53. The van der Waals surface area contributed by atoms with Crippen LogP contribution in [0.15, 0.2) is 47.5 Å². The number of aryl methyl sites for hydroxylation is 1. The molecular weight excluding hydrogens is 465 g/mol. The van der Waals surface area contributed by atoms with Crippen LogP contribution in [0, 0.1) is 6.92 Å². The van der Waals surface area contributed by atoms with Gasteiger partial charge in [0.15, 0.2) is 5.96 Å². The molecule has 0 fully saturated rings. The molecule has 28 heavy (non-hydrogen) atoms. The Bertz CT molecular complexity index is 765. The molecule has 0 bridgehead atoms. The van der Waals surface area contributed by atoms with E-state index in [1.807, 2.05) is 24.3 Å². The summed E-state index contributed by atoms with van der Waals surface area (Å²) in [7, 11) is 3.40. The molecule has 0 aliphatic carbocycles. The Labute approximate surface area is 186 Å². The van der Waals surface area contributed by atoms with Crippen molar-refractivity contribution < 1.29 is 9.47 Å². The molecule has 0 radical (unpaired) electrons. The van der Waals surface area contributed by atoms with E-state index in [0.717, 1.165) is 36.1 Å². The minimum atomic E-state index is 0. The highest BCUT2D eigenvalue weighted by molar-refractivity contribution is 14.0. The summed E-state index contributed by atoms with van der Waals surface area (Å²) in [4.78, 5) is 4.71. The number of rotatable bonds is 8. The number of aliphatic imine (C=N–C) groups is 1. The molecule has 0 saturated heterocycles. The normalized spacial score (nSPS) is 12.0. The van der Waals surface area contributed by atoms with E-state index < -0.39 is 0 Å². The summed E-state index contributed by atoms with van der Waals surface area (Å²) in [6.07, 6.45) is 0. The van der Waals surface area contributed by atoms with Crippen molar-refractivity contribution in [2.24, 2.45) is 4.99 Å². The highest BCUT2D eigenvalue weighted by Gasteiger charge is 2.11. The van der Waals surface area contributed by atoms with E-state index in [0.29, 0.717) is 12.5 Å². The highest BCUT2D eigenvalue weighted by Crippen LogP contribution is 2.25. The van der Waals surface area contributed by atoms with E-state index in [1.54, 1.807) is 14.2 Å². The van der Waals surface area contributed by atoms with Crippen LogP contribution in [-0.2, 0) is 6.54 Å². The van der Waals surface area contributed by atoms with Crippen LogP contribution in [-0.4, -0.2) is 33.3 Å². The molecule has 2 rings (SSSR count). The Balaban J connectivity index is 0.00000392. The van der Waals surface area contributed by atoms with Gasteiger partial charge in [0.2, 0.25) is 0 Å². The van der Waals surface area contributed by atoms with E-state index in [9.17, 15) is 0 Å². The first-order valence-corrected chi connectivity index (χ1v) is 9.37. The molecule has 2 aromatic carbocycles. The standard InChI is InChI=1S/C22H31N3O2.HI/c1-6-23-22(25-15-18-12-11-16(2)13-21(18)27-5)24-14-17(3)19-9-7-8-10-20(19)26-4;/h7-13,17H,6,14-15H2,1-5H3,(H2,23,24,25);1H. The largest absolute Gasteiger partial charge is 0.496 e. The van der Waals surface area contributed by atoms with Crippen LogP contribution in [0.2, 0.25) is 0 Å². The first kappa shape index (κ1) is 24.1.